The van der Waals surface area contributed by atoms with Crippen LogP contribution in [-0.2, 0) is 17.9 Å². The number of hydrogen-bond donors (Lipinski definition) is 2. The van der Waals surface area contributed by atoms with Crippen LogP contribution in [0.2, 0.25) is 0 Å². The number of nitrogens with one attached hydrogen (secondary N) is 1. The number of carboxylic acid groups (broad SMARTS) is 1. The van der Waals surface area contributed by atoms with Crippen LogP contribution in [0, 0.1) is 5.92 Å². The summed E-state index contributed by atoms with van der Waals surface area (Å²) in [5.41, 5.74) is 1.98. The molecule has 9 nitrogen and oxygen atoms in total. The van der Waals surface area contributed by atoms with Crippen molar-refractivity contribution >= 4 is 12.1 Å². The molecule has 35 heavy (non-hydrogen) atoms. The minimum absolute atomic E-state index is 0.00560. The molecule has 3 aromatic rings. The lowest BCUT2D eigenvalue weighted by atomic mass is 9.74. The summed E-state index contributed by atoms with van der Waals surface area (Å²) in [4.78, 5) is 29.7. The zero-order valence-corrected chi connectivity index (χ0v) is 19.1. The van der Waals surface area contributed by atoms with Crippen LogP contribution < -0.4 is 10.1 Å². The first-order valence-electron chi connectivity index (χ1n) is 11.7. The van der Waals surface area contributed by atoms with Gasteiger partial charge in [-0.1, -0.05) is 42.5 Å². The Hall–Kier alpha value is -3.85. The molecule has 182 valence electrons. The molecule has 0 aliphatic carbocycles. The van der Waals surface area contributed by atoms with E-state index in [4.69, 9.17) is 19.0 Å². The summed E-state index contributed by atoms with van der Waals surface area (Å²) in [6.45, 7) is 3.12. The van der Waals surface area contributed by atoms with Crippen LogP contribution in [0.5, 0.6) is 5.75 Å². The van der Waals surface area contributed by atoms with Gasteiger partial charge in [0.25, 0.3) is 0 Å². The summed E-state index contributed by atoms with van der Waals surface area (Å²) in [5.74, 6) is 0.257. The van der Waals surface area contributed by atoms with Gasteiger partial charge in [0.15, 0.2) is 12.3 Å². The molecule has 9 heteroatoms. The molecule has 2 aromatic carbocycles. The number of piperidine rings is 3. The largest absolute Gasteiger partial charge is 0.484 e. The van der Waals surface area contributed by atoms with E-state index in [2.05, 4.69) is 39.5 Å². The number of hydrogen-bond acceptors (Lipinski definition) is 7. The van der Waals surface area contributed by atoms with E-state index in [9.17, 15) is 9.59 Å². The van der Waals surface area contributed by atoms with E-state index < -0.39 is 12.1 Å². The van der Waals surface area contributed by atoms with Gasteiger partial charge >= 0.3 is 12.1 Å². The van der Waals surface area contributed by atoms with E-state index >= 15 is 0 Å². The van der Waals surface area contributed by atoms with Crippen LogP contribution >= 0.6 is 0 Å². The standard InChI is InChI=1S/C26H27N3O6/c30-25(31)22-15-34-24(28-22)16-33-19-8-4-5-17(11-19)12-27-26(32)35-23-14-29-10-9-20(23)21(13-29)18-6-2-1-3-7-18/h1-8,11,15,20-21,23H,9-10,12-14,16H2,(H,27,32)(H,30,31)/t20?,21?,23-/m0/s1. The third-order valence-electron chi connectivity index (χ3n) is 6.62. The quantitative estimate of drug-likeness (QED) is 0.505. The molecule has 1 amide bonds. The summed E-state index contributed by atoms with van der Waals surface area (Å²) in [7, 11) is 0. The number of rotatable bonds is 8. The second-order valence-electron chi connectivity index (χ2n) is 8.89. The molecule has 3 aliphatic rings. The first-order valence-corrected chi connectivity index (χ1v) is 11.7. The number of oxazole rings is 1. The number of ether oxygens (including phenoxy) is 2. The average Bonchev–Trinajstić information content (AvgIpc) is 3.37. The first kappa shape index (κ1) is 22.9. The van der Waals surface area contributed by atoms with Crippen molar-refractivity contribution in [1.82, 2.24) is 15.2 Å². The predicted octanol–water partition coefficient (Wildman–Crippen LogP) is 3.67. The summed E-state index contributed by atoms with van der Waals surface area (Å²) >= 11 is 0. The molecule has 2 N–H and O–H groups in total. The summed E-state index contributed by atoms with van der Waals surface area (Å²) in [6.07, 6.45) is 1.54. The smallest absolute Gasteiger partial charge is 0.407 e. The Morgan fingerprint density at radius 2 is 2.00 bits per heavy atom. The molecule has 3 saturated heterocycles. The maximum atomic E-state index is 12.6. The van der Waals surface area contributed by atoms with E-state index in [0.717, 1.165) is 37.9 Å². The third kappa shape index (κ3) is 5.46. The van der Waals surface area contributed by atoms with Crippen LogP contribution in [0.4, 0.5) is 4.79 Å². The van der Waals surface area contributed by atoms with Crippen LogP contribution in [0.25, 0.3) is 0 Å². The van der Waals surface area contributed by atoms with Gasteiger partial charge in [-0.05, 0) is 36.2 Å². The van der Waals surface area contributed by atoms with Gasteiger partial charge < -0.3 is 24.3 Å². The fourth-order valence-corrected chi connectivity index (χ4v) is 4.93. The van der Waals surface area contributed by atoms with Gasteiger partial charge in [0.2, 0.25) is 5.89 Å². The molecule has 3 unspecified atom stereocenters. The zero-order chi connectivity index (χ0) is 24.2. The highest BCUT2D eigenvalue weighted by molar-refractivity contribution is 5.84. The highest BCUT2D eigenvalue weighted by atomic mass is 16.6. The van der Waals surface area contributed by atoms with Crippen molar-refractivity contribution < 1.29 is 28.6 Å². The number of amides is 1. The number of fused-ring (bicyclic) bond motifs is 3. The Bertz CT molecular complexity index is 1180. The first-order chi connectivity index (χ1) is 17.0. The lowest BCUT2D eigenvalue weighted by Crippen LogP contribution is -2.56. The summed E-state index contributed by atoms with van der Waals surface area (Å²) < 4.78 is 16.6. The van der Waals surface area contributed by atoms with Crippen molar-refractivity contribution in [2.45, 2.75) is 31.6 Å². The molecule has 2 bridgehead atoms. The number of carbonyl (C=O) groups is 2. The maximum absolute atomic E-state index is 12.6. The Balaban J connectivity index is 1.13. The van der Waals surface area contributed by atoms with Gasteiger partial charge in [0, 0.05) is 31.5 Å². The minimum Gasteiger partial charge on any atom is -0.484 e. The number of alkyl carbamates (subject to hydrolysis) is 1. The Kier molecular flexibility index (Phi) is 6.67. The number of benzene rings is 2. The van der Waals surface area contributed by atoms with Crippen LogP contribution in [0.15, 0.2) is 65.3 Å². The summed E-state index contributed by atoms with van der Waals surface area (Å²) in [6, 6.07) is 17.7. The SMILES string of the molecule is O=C(NCc1cccc(OCc2nc(C(=O)O)co2)c1)O[C@H]1CN2CCC1C(c1ccccc1)C2. The van der Waals surface area contributed by atoms with Crippen molar-refractivity contribution in [2.24, 2.45) is 5.92 Å². The van der Waals surface area contributed by atoms with E-state index in [1.54, 1.807) is 12.1 Å². The molecule has 1 aromatic heterocycles. The third-order valence-corrected chi connectivity index (χ3v) is 6.62. The highest BCUT2D eigenvalue weighted by Crippen LogP contribution is 2.40. The van der Waals surface area contributed by atoms with E-state index in [-0.39, 0.29) is 24.3 Å². The molecule has 4 atom stereocenters. The van der Waals surface area contributed by atoms with Crippen molar-refractivity contribution in [3.8, 4) is 5.75 Å². The van der Waals surface area contributed by atoms with Crippen LogP contribution in [0.1, 0.15) is 39.8 Å². The van der Waals surface area contributed by atoms with Crippen LogP contribution in [0.3, 0.4) is 0 Å². The van der Waals surface area contributed by atoms with Gasteiger partial charge in [-0.15, -0.1) is 0 Å². The van der Waals surface area contributed by atoms with Crippen molar-refractivity contribution in [3.05, 3.63) is 83.6 Å². The second-order valence-corrected chi connectivity index (χ2v) is 8.89. The molecule has 0 spiro atoms. The number of nitrogens with zero attached hydrogens (tertiary/aromatic N) is 2. The van der Waals surface area contributed by atoms with E-state index in [0.29, 0.717) is 24.1 Å². The van der Waals surface area contributed by atoms with E-state index in [1.165, 1.54) is 5.56 Å². The van der Waals surface area contributed by atoms with Crippen molar-refractivity contribution in [2.75, 3.05) is 19.6 Å². The molecular weight excluding hydrogens is 450 g/mol. The Labute approximate surface area is 202 Å². The number of carboxylic acids is 1. The maximum Gasteiger partial charge on any atom is 0.407 e. The number of aromatic carboxylic acids is 1. The zero-order valence-electron chi connectivity index (χ0n) is 19.1. The minimum atomic E-state index is -1.16. The second kappa shape index (κ2) is 10.2. The van der Waals surface area contributed by atoms with Crippen molar-refractivity contribution in [3.63, 3.8) is 0 Å². The molecule has 0 saturated carbocycles. The van der Waals surface area contributed by atoms with Gasteiger partial charge in [0.05, 0.1) is 0 Å². The fourth-order valence-electron chi connectivity index (χ4n) is 4.93. The molecule has 6 rings (SSSR count). The molecular formula is C26H27N3O6. The Morgan fingerprint density at radius 3 is 2.77 bits per heavy atom. The molecule has 3 fully saturated rings. The fraction of sp³-hybridized carbons (Fsp3) is 0.346. The van der Waals surface area contributed by atoms with Gasteiger partial charge in [0.1, 0.15) is 18.1 Å². The number of carbonyl (C=O) groups excluding carboxylic acids is 1. The molecule has 4 heterocycles. The van der Waals surface area contributed by atoms with Gasteiger partial charge in [-0.25, -0.2) is 14.6 Å². The van der Waals surface area contributed by atoms with E-state index in [1.807, 2.05) is 18.2 Å². The lowest BCUT2D eigenvalue weighted by molar-refractivity contribution is -0.0459. The summed E-state index contributed by atoms with van der Waals surface area (Å²) in [5, 5.41) is 11.8. The lowest BCUT2D eigenvalue weighted by Gasteiger charge is -2.49. The van der Waals surface area contributed by atoms with Crippen LogP contribution in [-0.4, -0.2) is 52.8 Å². The molecule has 0 radical (unpaired) electrons. The van der Waals surface area contributed by atoms with Gasteiger partial charge in [-0.2, -0.15) is 0 Å². The average molecular weight is 478 g/mol. The number of aromatic nitrogens is 1. The molecule has 3 aliphatic heterocycles. The van der Waals surface area contributed by atoms with Gasteiger partial charge in [-0.3, -0.25) is 4.90 Å². The highest BCUT2D eigenvalue weighted by Gasteiger charge is 2.43. The van der Waals surface area contributed by atoms with Crippen molar-refractivity contribution in [1.29, 1.82) is 0 Å². The topological polar surface area (TPSA) is 114 Å². The predicted molar refractivity (Wildman–Crippen MR) is 125 cm³/mol. The Morgan fingerprint density at radius 1 is 1.14 bits per heavy atom. The monoisotopic (exact) mass is 477 g/mol. The normalized spacial score (nSPS) is 23.0.